The molecule has 0 heterocycles. The molecule has 3 amide bonds. The number of rotatable bonds is 6. The van der Waals surface area contributed by atoms with Crippen molar-refractivity contribution >= 4 is 40.9 Å². The van der Waals surface area contributed by atoms with Gasteiger partial charge in [-0.2, -0.15) is 13.2 Å². The van der Waals surface area contributed by atoms with Crippen molar-refractivity contribution in [3.8, 4) is 0 Å². The van der Waals surface area contributed by atoms with Crippen molar-refractivity contribution in [2.24, 2.45) is 21.9 Å². The number of halogens is 4. The second-order valence-corrected chi connectivity index (χ2v) is 10.2. The van der Waals surface area contributed by atoms with Gasteiger partial charge in [-0.15, -0.1) is 0 Å². The Morgan fingerprint density at radius 2 is 1.67 bits per heavy atom. The maximum atomic E-state index is 13.5. The maximum Gasteiger partial charge on any atom is 0.417 e. The molecular weight excluding hydrogens is 571 g/mol. The predicted octanol–water partition coefficient (Wildman–Crippen LogP) is 5.51. The van der Waals surface area contributed by atoms with Gasteiger partial charge < -0.3 is 5.32 Å². The molecule has 1 aliphatic carbocycles. The first-order chi connectivity index (χ1) is 20.1. The van der Waals surface area contributed by atoms with E-state index in [1.165, 1.54) is 54.0 Å². The van der Waals surface area contributed by atoms with Gasteiger partial charge in [-0.3, -0.25) is 21.3 Å². The van der Waals surface area contributed by atoms with Crippen LogP contribution >= 0.6 is 11.6 Å². The molecular formula is C29H30ClF3N7O2+. The maximum absolute atomic E-state index is 13.5. The van der Waals surface area contributed by atoms with E-state index < -0.39 is 28.7 Å². The van der Waals surface area contributed by atoms with Crippen LogP contribution in [0.25, 0.3) is 0 Å². The summed E-state index contributed by atoms with van der Waals surface area (Å²) < 4.78 is 40.2. The van der Waals surface area contributed by atoms with Crippen LogP contribution in [0.15, 0.2) is 77.1 Å². The van der Waals surface area contributed by atoms with Crippen molar-refractivity contribution < 1.29 is 27.8 Å². The molecule has 0 bridgehead atoms. The molecule has 3 aromatic rings. The van der Waals surface area contributed by atoms with Gasteiger partial charge in [0.05, 0.1) is 33.5 Å². The van der Waals surface area contributed by atoms with E-state index in [9.17, 15) is 22.8 Å². The number of nitrogens with zero attached hydrogens (tertiary/aromatic N) is 3. The lowest BCUT2D eigenvalue weighted by Crippen LogP contribution is -2.79. The second-order valence-electron chi connectivity index (χ2n) is 9.86. The number of urea groups is 1. The fourth-order valence-electron chi connectivity index (χ4n) is 4.89. The zero-order chi connectivity index (χ0) is 30.3. The fraction of sp³-hybridized carbons (Fsp3) is 0.276. The molecule has 1 fully saturated rings. The van der Waals surface area contributed by atoms with Crippen LogP contribution in [-0.2, 0) is 12.7 Å². The Morgan fingerprint density at radius 3 is 2.29 bits per heavy atom. The van der Waals surface area contributed by atoms with Crippen molar-refractivity contribution in [3.05, 3.63) is 94.0 Å². The van der Waals surface area contributed by atoms with E-state index in [-0.39, 0.29) is 23.8 Å². The van der Waals surface area contributed by atoms with Crippen molar-refractivity contribution in [3.63, 3.8) is 0 Å². The van der Waals surface area contributed by atoms with E-state index in [0.717, 1.165) is 18.9 Å². The number of nitrogens with two attached hydrogens (primary N) is 2. The summed E-state index contributed by atoms with van der Waals surface area (Å²) >= 11 is 6.04. The van der Waals surface area contributed by atoms with Gasteiger partial charge in [-0.25, -0.2) is 9.79 Å². The van der Waals surface area contributed by atoms with E-state index in [1.807, 2.05) is 24.3 Å². The SMILES string of the molecule is N/N=N\C(N)=[NH+]C(=O)c1ccc(CN(C(=O)Nc2cccc(C(F)(F)F)c2Cl)c2ccc(C3CCCCC3)cc2)cc1. The highest BCUT2D eigenvalue weighted by Crippen LogP contribution is 2.38. The lowest BCUT2D eigenvalue weighted by molar-refractivity contribution is -0.347. The molecule has 0 saturated heterocycles. The number of carbonyl (C=O) groups excluding carboxylic acids is 2. The summed E-state index contributed by atoms with van der Waals surface area (Å²) in [4.78, 5) is 29.6. The van der Waals surface area contributed by atoms with E-state index in [2.05, 4.69) is 20.6 Å². The molecule has 220 valence electrons. The number of hydrogen-bond acceptors (Lipinski definition) is 3. The zero-order valence-corrected chi connectivity index (χ0v) is 23.3. The predicted molar refractivity (Wildman–Crippen MR) is 154 cm³/mol. The van der Waals surface area contributed by atoms with Gasteiger partial charge in [0.15, 0.2) is 0 Å². The molecule has 0 aromatic heterocycles. The summed E-state index contributed by atoms with van der Waals surface area (Å²) in [7, 11) is 0. The van der Waals surface area contributed by atoms with Gasteiger partial charge in [0.2, 0.25) is 0 Å². The molecule has 4 rings (SSSR count). The Kier molecular flexibility index (Phi) is 9.79. The molecule has 42 heavy (non-hydrogen) atoms. The minimum absolute atomic E-state index is 0.0444. The molecule has 3 aromatic carbocycles. The highest BCUT2D eigenvalue weighted by Gasteiger charge is 2.34. The van der Waals surface area contributed by atoms with Crippen molar-refractivity contribution in [2.75, 3.05) is 10.2 Å². The number of guanidine groups is 1. The zero-order valence-electron chi connectivity index (χ0n) is 22.5. The minimum Gasteiger partial charge on any atom is -0.306 e. The molecule has 6 N–H and O–H groups in total. The summed E-state index contributed by atoms with van der Waals surface area (Å²) in [6.07, 6.45) is 1.11. The van der Waals surface area contributed by atoms with Gasteiger partial charge in [-0.1, -0.05) is 61.2 Å². The first kappa shape index (κ1) is 30.5. The number of benzene rings is 3. The number of hydrogen-bond donors (Lipinski definition) is 4. The lowest BCUT2D eigenvalue weighted by atomic mass is 9.84. The summed E-state index contributed by atoms with van der Waals surface area (Å²) in [5.41, 5.74) is 6.90. The monoisotopic (exact) mass is 600 g/mol. The third kappa shape index (κ3) is 7.64. The van der Waals surface area contributed by atoms with Gasteiger partial charge in [0.25, 0.3) is 0 Å². The first-order valence-electron chi connectivity index (χ1n) is 13.2. The van der Waals surface area contributed by atoms with Crippen molar-refractivity contribution in [2.45, 2.75) is 50.7 Å². The summed E-state index contributed by atoms with van der Waals surface area (Å²) in [6.45, 7) is 0.0444. The van der Waals surface area contributed by atoms with Crippen LogP contribution in [-0.4, -0.2) is 17.9 Å². The van der Waals surface area contributed by atoms with Gasteiger partial charge in [0, 0.05) is 10.9 Å². The molecule has 9 nitrogen and oxygen atoms in total. The van der Waals surface area contributed by atoms with Crippen LogP contribution in [0, 0.1) is 0 Å². The van der Waals surface area contributed by atoms with E-state index in [4.69, 9.17) is 23.2 Å². The Labute approximate surface area is 245 Å². The number of amides is 3. The van der Waals surface area contributed by atoms with Crippen LogP contribution in [0.5, 0.6) is 0 Å². The Balaban J connectivity index is 1.61. The minimum atomic E-state index is -4.68. The Bertz CT molecular complexity index is 1470. The average molecular weight is 601 g/mol. The topological polar surface area (TPSA) is 140 Å². The Hall–Kier alpha value is -4.45. The molecule has 0 aliphatic heterocycles. The fourth-order valence-corrected chi connectivity index (χ4v) is 5.17. The van der Waals surface area contributed by atoms with E-state index in [1.54, 1.807) is 12.1 Å². The molecule has 0 unspecified atom stereocenters. The van der Waals surface area contributed by atoms with Crippen LogP contribution in [0.3, 0.4) is 0 Å². The number of nitrogens with one attached hydrogen (secondary N) is 2. The third-order valence-electron chi connectivity index (χ3n) is 7.04. The molecule has 13 heteroatoms. The van der Waals surface area contributed by atoms with Gasteiger partial charge in [0.1, 0.15) is 0 Å². The normalized spacial score (nSPS) is 14.6. The highest BCUT2D eigenvalue weighted by atomic mass is 35.5. The standard InChI is InChI=1S/C29H29ClF3N7O2/c30-25-23(29(31,32)33)7-4-8-24(25)36-28(42)40(22-15-13-20(14-16-22)19-5-2-1-3-6-19)17-18-9-11-21(12-10-18)26(41)37-27(34)38-39-35/h4,7-16,19H,1-3,5-6,17H2,(H,36,42)(H4,34,35,37,38,41)/p+1. The van der Waals surface area contributed by atoms with Crippen LogP contribution in [0.1, 0.15) is 65.1 Å². The largest absolute Gasteiger partial charge is 0.417 e. The second kappa shape index (κ2) is 13.5. The van der Waals surface area contributed by atoms with Crippen LogP contribution in [0.4, 0.5) is 29.3 Å². The summed E-state index contributed by atoms with van der Waals surface area (Å²) in [5.74, 6) is 4.56. The number of anilines is 2. The first-order valence-corrected chi connectivity index (χ1v) is 13.6. The smallest absolute Gasteiger partial charge is 0.306 e. The molecule has 0 spiro atoms. The molecule has 0 radical (unpaired) electrons. The summed E-state index contributed by atoms with van der Waals surface area (Å²) in [5, 5.41) is 8.26. The molecule has 0 atom stereocenters. The van der Waals surface area contributed by atoms with Crippen LogP contribution < -0.4 is 26.8 Å². The number of carbonyl (C=O) groups is 2. The third-order valence-corrected chi connectivity index (χ3v) is 7.44. The van der Waals surface area contributed by atoms with Gasteiger partial charge >= 0.3 is 24.1 Å². The van der Waals surface area contributed by atoms with Gasteiger partial charge in [-0.05, 0) is 66.3 Å². The van der Waals surface area contributed by atoms with Crippen molar-refractivity contribution in [1.82, 2.24) is 0 Å². The highest BCUT2D eigenvalue weighted by molar-refractivity contribution is 6.34. The average Bonchev–Trinajstić information content (AvgIpc) is 2.97. The van der Waals surface area contributed by atoms with Crippen LogP contribution in [0.2, 0.25) is 5.02 Å². The van der Waals surface area contributed by atoms with E-state index in [0.29, 0.717) is 17.2 Å². The number of alkyl halides is 3. The Morgan fingerprint density at radius 1 is 1.00 bits per heavy atom. The lowest BCUT2D eigenvalue weighted by Gasteiger charge is -2.26. The summed E-state index contributed by atoms with van der Waals surface area (Å²) in [6, 6.07) is 16.6. The molecule has 1 aliphatic rings. The quantitative estimate of drug-likeness (QED) is 0.0974. The van der Waals surface area contributed by atoms with Crippen molar-refractivity contribution in [1.29, 1.82) is 0 Å². The molecule has 1 saturated carbocycles. The van der Waals surface area contributed by atoms with E-state index >= 15 is 0 Å².